The van der Waals surface area contributed by atoms with Gasteiger partial charge in [0.05, 0.1) is 5.92 Å². The van der Waals surface area contributed by atoms with Crippen molar-refractivity contribution in [3.63, 3.8) is 0 Å². The first-order chi connectivity index (χ1) is 10.2. The number of fused-ring (bicyclic) bond motifs is 1. The van der Waals surface area contributed by atoms with Gasteiger partial charge in [-0.3, -0.25) is 4.79 Å². The van der Waals surface area contributed by atoms with Gasteiger partial charge in [-0.2, -0.15) is 0 Å². The lowest BCUT2D eigenvalue weighted by Crippen LogP contribution is -2.31. The number of halogens is 1. The predicted molar refractivity (Wildman–Crippen MR) is 86.1 cm³/mol. The van der Waals surface area contributed by atoms with Crippen molar-refractivity contribution in [2.45, 2.75) is 13.0 Å². The van der Waals surface area contributed by atoms with E-state index in [1.807, 2.05) is 42.5 Å². The molecule has 1 aliphatic heterocycles. The number of carbonyl (C=O) groups excluding carboxylic acids is 1. The zero-order chi connectivity index (χ0) is 14.7. The van der Waals surface area contributed by atoms with Crippen molar-refractivity contribution in [3.05, 3.63) is 64.1 Å². The van der Waals surface area contributed by atoms with Crippen molar-refractivity contribution in [1.29, 1.82) is 0 Å². The summed E-state index contributed by atoms with van der Waals surface area (Å²) in [6.45, 7) is 0.959. The minimum Gasteiger partial charge on any atom is -0.461 e. The molecule has 1 aliphatic rings. The van der Waals surface area contributed by atoms with Gasteiger partial charge in [-0.25, -0.2) is 0 Å². The quantitative estimate of drug-likeness (QED) is 0.860. The predicted octanol–water partition coefficient (Wildman–Crippen LogP) is 3.78. The number of carbonyl (C=O) groups is 1. The van der Waals surface area contributed by atoms with Crippen LogP contribution in [-0.4, -0.2) is 12.5 Å². The van der Waals surface area contributed by atoms with E-state index in [0.29, 0.717) is 13.2 Å². The van der Waals surface area contributed by atoms with Crippen LogP contribution in [0.15, 0.2) is 53.0 Å². The summed E-state index contributed by atoms with van der Waals surface area (Å²) >= 11 is 3.39. The highest BCUT2D eigenvalue weighted by atomic mass is 79.9. The highest BCUT2D eigenvalue weighted by Crippen LogP contribution is 2.25. The van der Waals surface area contributed by atoms with E-state index in [-0.39, 0.29) is 11.9 Å². The van der Waals surface area contributed by atoms with Gasteiger partial charge in [-0.15, -0.1) is 0 Å². The number of hydrogen-bond donors (Lipinski definition) is 1. The number of ether oxygens (including phenoxy) is 1. The van der Waals surface area contributed by atoms with E-state index in [0.717, 1.165) is 22.1 Å². The molecule has 1 heterocycles. The maximum absolute atomic E-state index is 12.2. The number of anilines is 1. The summed E-state index contributed by atoms with van der Waals surface area (Å²) in [6, 6.07) is 15.9. The molecule has 3 nitrogen and oxygen atoms in total. The minimum absolute atomic E-state index is 0.115. The minimum atomic E-state index is -0.139. The molecule has 4 heteroatoms. The van der Waals surface area contributed by atoms with Gasteiger partial charge in [-0.05, 0) is 35.7 Å². The summed E-state index contributed by atoms with van der Waals surface area (Å²) in [4.78, 5) is 12.2. The molecular weight excluding hydrogens is 330 g/mol. The highest BCUT2D eigenvalue weighted by Gasteiger charge is 2.25. The maximum Gasteiger partial charge on any atom is 0.311 e. The molecule has 21 heavy (non-hydrogen) atoms. The molecule has 2 aromatic carbocycles. The second kappa shape index (κ2) is 6.31. The number of hydrogen-bond acceptors (Lipinski definition) is 3. The van der Waals surface area contributed by atoms with E-state index in [2.05, 4.69) is 27.3 Å². The van der Waals surface area contributed by atoms with Crippen molar-refractivity contribution in [2.75, 3.05) is 11.9 Å². The second-order valence-electron chi connectivity index (χ2n) is 5.17. The summed E-state index contributed by atoms with van der Waals surface area (Å²) in [6.07, 6.45) is 0.738. The highest BCUT2D eigenvalue weighted by molar-refractivity contribution is 9.10. The molecule has 0 amide bonds. The second-order valence-corrected chi connectivity index (χ2v) is 6.09. The summed E-state index contributed by atoms with van der Waals surface area (Å²) < 4.78 is 6.45. The maximum atomic E-state index is 12.2. The van der Waals surface area contributed by atoms with Crippen LogP contribution >= 0.6 is 15.9 Å². The molecule has 0 fully saturated rings. The smallest absolute Gasteiger partial charge is 0.311 e. The van der Waals surface area contributed by atoms with Crippen LogP contribution in [0.4, 0.5) is 5.69 Å². The van der Waals surface area contributed by atoms with E-state index in [9.17, 15) is 4.79 Å². The fraction of sp³-hybridized carbons (Fsp3) is 0.235. The average Bonchev–Trinajstić information content (AvgIpc) is 2.53. The van der Waals surface area contributed by atoms with Gasteiger partial charge in [-0.1, -0.05) is 46.3 Å². The van der Waals surface area contributed by atoms with Gasteiger partial charge in [0, 0.05) is 16.7 Å². The Labute approximate surface area is 132 Å². The van der Waals surface area contributed by atoms with Crippen LogP contribution < -0.4 is 5.32 Å². The molecular formula is C17H16BrNO2. The van der Waals surface area contributed by atoms with Gasteiger partial charge in [0.1, 0.15) is 6.61 Å². The van der Waals surface area contributed by atoms with Gasteiger partial charge in [0.25, 0.3) is 0 Å². The van der Waals surface area contributed by atoms with Crippen molar-refractivity contribution in [2.24, 2.45) is 5.92 Å². The van der Waals surface area contributed by atoms with Crippen LogP contribution in [0.3, 0.4) is 0 Å². The zero-order valence-corrected chi connectivity index (χ0v) is 13.1. The Morgan fingerprint density at radius 3 is 2.76 bits per heavy atom. The lowest BCUT2D eigenvalue weighted by atomic mass is 9.94. The Balaban J connectivity index is 1.58. The third kappa shape index (κ3) is 3.45. The Morgan fingerprint density at radius 1 is 1.19 bits per heavy atom. The van der Waals surface area contributed by atoms with E-state index < -0.39 is 0 Å². The lowest BCUT2D eigenvalue weighted by Gasteiger charge is -2.24. The number of esters is 1. The summed E-state index contributed by atoms with van der Waals surface area (Å²) in [7, 11) is 0. The first-order valence-corrected chi connectivity index (χ1v) is 7.74. The molecule has 0 aromatic heterocycles. The van der Waals surface area contributed by atoms with Crippen molar-refractivity contribution >= 4 is 27.6 Å². The van der Waals surface area contributed by atoms with Gasteiger partial charge < -0.3 is 10.1 Å². The zero-order valence-electron chi connectivity index (χ0n) is 11.5. The molecule has 0 radical (unpaired) electrons. The van der Waals surface area contributed by atoms with E-state index in [4.69, 9.17) is 4.74 Å². The molecule has 2 aromatic rings. The van der Waals surface area contributed by atoms with E-state index >= 15 is 0 Å². The van der Waals surface area contributed by atoms with Gasteiger partial charge >= 0.3 is 5.97 Å². The molecule has 1 atom stereocenters. The molecule has 0 saturated heterocycles. The number of benzene rings is 2. The van der Waals surface area contributed by atoms with Crippen LogP contribution in [0.2, 0.25) is 0 Å². The molecule has 1 unspecified atom stereocenters. The molecule has 1 N–H and O–H groups in total. The van der Waals surface area contributed by atoms with Crippen LogP contribution in [-0.2, 0) is 22.6 Å². The topological polar surface area (TPSA) is 38.3 Å². The molecule has 0 saturated carbocycles. The monoisotopic (exact) mass is 345 g/mol. The third-order valence-electron chi connectivity index (χ3n) is 3.65. The lowest BCUT2D eigenvalue weighted by molar-refractivity contribution is -0.149. The number of rotatable bonds is 3. The van der Waals surface area contributed by atoms with Crippen LogP contribution in [0.1, 0.15) is 11.1 Å². The molecule has 108 valence electrons. The number of nitrogens with one attached hydrogen (secondary N) is 1. The largest absolute Gasteiger partial charge is 0.461 e. The van der Waals surface area contributed by atoms with Crippen LogP contribution in [0.25, 0.3) is 0 Å². The fourth-order valence-corrected chi connectivity index (χ4v) is 2.73. The first kappa shape index (κ1) is 14.1. The Kier molecular flexibility index (Phi) is 4.25. The van der Waals surface area contributed by atoms with E-state index in [1.54, 1.807) is 0 Å². The van der Waals surface area contributed by atoms with Crippen LogP contribution in [0.5, 0.6) is 0 Å². The molecule has 0 bridgehead atoms. The van der Waals surface area contributed by atoms with E-state index in [1.165, 1.54) is 5.56 Å². The Morgan fingerprint density at radius 2 is 1.95 bits per heavy atom. The normalized spacial score (nSPS) is 16.7. The number of para-hydroxylation sites is 1. The standard InChI is InChI=1S/C17H16BrNO2/c18-15-7-5-12(6-8-15)11-21-17(20)14-9-13-3-1-2-4-16(13)19-10-14/h1-8,14,19H,9-11H2. The molecule has 3 rings (SSSR count). The molecule has 0 spiro atoms. The van der Waals surface area contributed by atoms with Gasteiger partial charge in [0.15, 0.2) is 0 Å². The first-order valence-electron chi connectivity index (χ1n) is 6.95. The third-order valence-corrected chi connectivity index (χ3v) is 4.18. The van der Waals surface area contributed by atoms with Crippen LogP contribution in [0, 0.1) is 5.92 Å². The van der Waals surface area contributed by atoms with Crippen molar-refractivity contribution in [3.8, 4) is 0 Å². The van der Waals surface area contributed by atoms with Gasteiger partial charge in [0.2, 0.25) is 0 Å². The summed E-state index contributed by atoms with van der Waals surface area (Å²) in [5, 5.41) is 3.29. The SMILES string of the molecule is O=C(OCc1ccc(Br)cc1)C1CNc2ccccc2C1. The van der Waals surface area contributed by atoms with Crippen molar-refractivity contribution < 1.29 is 9.53 Å². The fourth-order valence-electron chi connectivity index (χ4n) is 2.46. The summed E-state index contributed by atoms with van der Waals surface area (Å²) in [5.74, 6) is -0.254. The molecule has 0 aliphatic carbocycles. The summed E-state index contributed by atoms with van der Waals surface area (Å²) in [5.41, 5.74) is 3.29. The van der Waals surface area contributed by atoms with Crippen molar-refractivity contribution in [1.82, 2.24) is 0 Å². The Hall–Kier alpha value is -1.81. The Bertz CT molecular complexity index is 639. The average molecular weight is 346 g/mol.